The molecule has 11 nitrogen and oxygen atoms in total. The Morgan fingerprint density at radius 2 is 1.75 bits per heavy atom. The number of halogens is 1. The fourth-order valence-corrected chi connectivity index (χ4v) is 6.17. The number of carbonyl (C=O) groups is 1. The summed E-state index contributed by atoms with van der Waals surface area (Å²) in [5.41, 5.74) is -1.25. The van der Waals surface area contributed by atoms with E-state index in [1.54, 1.807) is 36.6 Å². The van der Waals surface area contributed by atoms with Crippen molar-refractivity contribution in [2.24, 2.45) is 0 Å². The maximum atomic E-state index is 13.8. The molecule has 2 aromatic carbocycles. The molecule has 2 heterocycles. The van der Waals surface area contributed by atoms with Crippen molar-refractivity contribution in [3.8, 4) is 11.4 Å². The lowest BCUT2D eigenvalue weighted by molar-refractivity contribution is 0.102. The summed E-state index contributed by atoms with van der Waals surface area (Å²) in [5, 5.41) is 6.80. The van der Waals surface area contributed by atoms with E-state index < -0.39 is 32.4 Å². The molecule has 188 valence electrons. The predicted octanol–water partition coefficient (Wildman–Crippen LogP) is 4.11. The first-order valence-electron chi connectivity index (χ1n) is 10.1. The van der Waals surface area contributed by atoms with E-state index in [1.165, 1.54) is 29.5 Å². The van der Waals surface area contributed by atoms with Crippen molar-refractivity contribution in [1.82, 2.24) is 9.97 Å². The van der Waals surface area contributed by atoms with Gasteiger partial charge in [-0.3, -0.25) is 13.9 Å². The van der Waals surface area contributed by atoms with Gasteiger partial charge < -0.3 is 30.2 Å². The van der Waals surface area contributed by atoms with Crippen LogP contribution in [0.5, 0.6) is 0 Å². The number of hydrogen-bond acceptors (Lipinski definition) is 7. The fraction of sp³-hybridized carbons (Fsp3) is 0.0952. The van der Waals surface area contributed by atoms with Crippen LogP contribution in [-0.2, 0) is 9.13 Å². The SMILES string of the molecule is Cc1ccc(C(=O)Nc2cccc(-c3nc(NC(P(=O)(O)O)P(=O)(O)O)c4ccsc4n3)c2)cc1F. The summed E-state index contributed by atoms with van der Waals surface area (Å²) >= 11 is 1.18. The first-order chi connectivity index (χ1) is 16.8. The van der Waals surface area contributed by atoms with Crippen LogP contribution in [0.2, 0.25) is 0 Å². The average molecular weight is 552 g/mol. The quantitative estimate of drug-likeness (QED) is 0.183. The van der Waals surface area contributed by atoms with E-state index in [4.69, 9.17) is 0 Å². The Balaban J connectivity index is 1.69. The molecular weight excluding hydrogens is 533 g/mol. The van der Waals surface area contributed by atoms with E-state index in [-0.39, 0.29) is 17.2 Å². The van der Waals surface area contributed by atoms with Crippen LogP contribution < -0.4 is 10.6 Å². The van der Waals surface area contributed by atoms with Gasteiger partial charge in [0, 0.05) is 16.8 Å². The molecule has 2 aromatic heterocycles. The number of aromatic nitrogens is 2. The molecule has 1 amide bonds. The topological polar surface area (TPSA) is 182 Å². The first kappa shape index (κ1) is 26.1. The minimum absolute atomic E-state index is 0.0695. The summed E-state index contributed by atoms with van der Waals surface area (Å²) < 4.78 is 37.3. The number of benzene rings is 2. The minimum Gasteiger partial charge on any atom is -0.346 e. The predicted molar refractivity (Wildman–Crippen MR) is 133 cm³/mol. The molecule has 6 N–H and O–H groups in total. The highest BCUT2D eigenvalue weighted by atomic mass is 32.1. The number of thiophene rings is 1. The second-order valence-electron chi connectivity index (χ2n) is 7.73. The van der Waals surface area contributed by atoms with Gasteiger partial charge in [0.15, 0.2) is 5.82 Å². The molecule has 0 aliphatic heterocycles. The van der Waals surface area contributed by atoms with E-state index in [2.05, 4.69) is 20.6 Å². The number of fused-ring (bicyclic) bond motifs is 1. The zero-order valence-electron chi connectivity index (χ0n) is 18.4. The van der Waals surface area contributed by atoms with Crippen molar-refractivity contribution in [1.29, 1.82) is 0 Å². The molecule has 0 aliphatic rings. The van der Waals surface area contributed by atoms with Crippen LogP contribution in [0.25, 0.3) is 21.6 Å². The number of carbonyl (C=O) groups excluding carboxylic acids is 1. The summed E-state index contributed by atoms with van der Waals surface area (Å²) in [4.78, 5) is 59.5. The summed E-state index contributed by atoms with van der Waals surface area (Å²) in [6, 6.07) is 12.0. The molecule has 0 radical (unpaired) electrons. The molecule has 4 rings (SSSR count). The van der Waals surface area contributed by atoms with Gasteiger partial charge in [-0.2, -0.15) is 0 Å². The highest BCUT2D eigenvalue weighted by Gasteiger charge is 2.44. The lowest BCUT2D eigenvalue weighted by Crippen LogP contribution is -2.21. The normalized spacial score (nSPS) is 12.2. The zero-order valence-corrected chi connectivity index (χ0v) is 21.0. The lowest BCUT2D eigenvalue weighted by Gasteiger charge is -2.21. The summed E-state index contributed by atoms with van der Waals surface area (Å²) in [5.74, 6) is -1.18. The number of nitrogens with zero attached hydrogens (tertiary/aromatic N) is 2. The number of aryl methyl sites for hydroxylation is 1. The number of amides is 1. The summed E-state index contributed by atoms with van der Waals surface area (Å²) in [6.07, 6.45) is 0. The Morgan fingerprint density at radius 3 is 2.42 bits per heavy atom. The Hall–Kier alpha value is -3.02. The third-order valence-corrected chi connectivity index (χ3v) is 9.18. The number of rotatable bonds is 7. The van der Waals surface area contributed by atoms with E-state index in [9.17, 15) is 37.9 Å². The number of nitrogens with one attached hydrogen (secondary N) is 2. The lowest BCUT2D eigenvalue weighted by atomic mass is 10.1. The zero-order chi connectivity index (χ0) is 26.3. The smallest absolute Gasteiger partial charge is 0.346 e. The third-order valence-electron chi connectivity index (χ3n) is 5.04. The molecule has 0 saturated heterocycles. The van der Waals surface area contributed by atoms with Crippen LogP contribution >= 0.6 is 26.5 Å². The highest BCUT2D eigenvalue weighted by molar-refractivity contribution is 7.71. The van der Waals surface area contributed by atoms with Gasteiger partial charge in [-0.1, -0.05) is 18.2 Å². The van der Waals surface area contributed by atoms with Crippen LogP contribution in [0.3, 0.4) is 0 Å². The van der Waals surface area contributed by atoms with Gasteiger partial charge in [0.1, 0.15) is 16.5 Å². The van der Waals surface area contributed by atoms with Crippen LogP contribution in [-0.4, -0.2) is 41.0 Å². The van der Waals surface area contributed by atoms with Gasteiger partial charge >= 0.3 is 15.2 Å². The maximum absolute atomic E-state index is 13.8. The largest absolute Gasteiger partial charge is 0.360 e. The van der Waals surface area contributed by atoms with E-state index >= 15 is 0 Å². The molecule has 0 spiro atoms. The van der Waals surface area contributed by atoms with E-state index in [0.29, 0.717) is 27.0 Å². The minimum atomic E-state index is -5.27. The second-order valence-corrected chi connectivity index (χ2v) is 12.4. The van der Waals surface area contributed by atoms with Gasteiger partial charge in [-0.05, 0) is 48.2 Å². The first-order valence-corrected chi connectivity index (χ1v) is 14.4. The molecule has 0 fully saturated rings. The van der Waals surface area contributed by atoms with Gasteiger partial charge in [-0.25, -0.2) is 14.4 Å². The van der Waals surface area contributed by atoms with Crippen molar-refractivity contribution in [3.05, 3.63) is 70.9 Å². The standard InChI is InChI=1S/C21H19FN4O7P2S/c1-11-5-6-13(10-16(11)22)19(27)23-14-4-2-3-12(9-14)17-24-18(15-7-8-36-20(15)25-17)26-21(34(28,29)30)35(31,32)33/h2-10,21H,1H3,(H,23,27)(H,24,25,26)(H2,28,29,30)(H2,31,32,33). The summed E-state index contributed by atoms with van der Waals surface area (Å²) in [7, 11) is -10.5. The molecule has 0 aliphatic carbocycles. The van der Waals surface area contributed by atoms with Gasteiger partial charge in [0.05, 0.1) is 5.39 Å². The van der Waals surface area contributed by atoms with E-state index in [1.807, 2.05) is 0 Å². The van der Waals surface area contributed by atoms with Crippen LogP contribution in [0.4, 0.5) is 15.9 Å². The maximum Gasteiger partial charge on any atom is 0.360 e. The van der Waals surface area contributed by atoms with Gasteiger partial charge in [-0.15, -0.1) is 11.3 Å². The third kappa shape index (κ3) is 5.69. The molecule has 4 aromatic rings. The molecule has 0 saturated carbocycles. The molecular formula is C21H19FN4O7P2S. The fourth-order valence-electron chi connectivity index (χ4n) is 3.25. The van der Waals surface area contributed by atoms with Crippen molar-refractivity contribution < 1.29 is 37.9 Å². The second kappa shape index (κ2) is 9.79. The van der Waals surface area contributed by atoms with Crippen molar-refractivity contribution >= 4 is 54.2 Å². The van der Waals surface area contributed by atoms with E-state index in [0.717, 1.165) is 6.07 Å². The molecule has 36 heavy (non-hydrogen) atoms. The van der Waals surface area contributed by atoms with Crippen molar-refractivity contribution in [3.63, 3.8) is 0 Å². The van der Waals surface area contributed by atoms with Gasteiger partial charge in [0.25, 0.3) is 5.91 Å². The highest BCUT2D eigenvalue weighted by Crippen LogP contribution is 2.59. The molecule has 15 heteroatoms. The Morgan fingerprint density at radius 1 is 1.03 bits per heavy atom. The van der Waals surface area contributed by atoms with Crippen molar-refractivity contribution in [2.45, 2.75) is 12.4 Å². The average Bonchev–Trinajstić information content (AvgIpc) is 3.26. The van der Waals surface area contributed by atoms with Crippen LogP contribution in [0.15, 0.2) is 53.9 Å². The Labute approximate surface area is 207 Å². The Kier molecular flexibility index (Phi) is 7.09. The monoisotopic (exact) mass is 552 g/mol. The summed E-state index contributed by atoms with van der Waals surface area (Å²) in [6.45, 7) is 1.58. The van der Waals surface area contributed by atoms with Gasteiger partial charge in [0.2, 0.25) is 5.52 Å². The molecule has 0 bridgehead atoms. The van der Waals surface area contributed by atoms with Crippen LogP contribution in [0.1, 0.15) is 15.9 Å². The number of hydrogen-bond donors (Lipinski definition) is 6. The van der Waals surface area contributed by atoms with Crippen LogP contribution in [0, 0.1) is 12.7 Å². The van der Waals surface area contributed by atoms with Crippen molar-refractivity contribution in [2.75, 3.05) is 10.6 Å². The Bertz CT molecular complexity index is 1550. The number of anilines is 2. The molecule has 0 atom stereocenters. The molecule has 0 unspecified atom stereocenters.